The molecular formula is C14H21ClN2O2. The van der Waals surface area contributed by atoms with Crippen LogP contribution in [-0.2, 0) is 11.2 Å². The van der Waals surface area contributed by atoms with Gasteiger partial charge in [-0.2, -0.15) is 0 Å². The van der Waals surface area contributed by atoms with Gasteiger partial charge in [-0.1, -0.05) is 6.07 Å². The second kappa shape index (κ2) is 7.36. The van der Waals surface area contributed by atoms with Crippen molar-refractivity contribution in [2.45, 2.75) is 25.9 Å². The number of carbonyl (C=O) groups is 1. The lowest BCUT2D eigenvalue weighted by Crippen LogP contribution is -2.32. The van der Waals surface area contributed by atoms with Crippen LogP contribution in [-0.4, -0.2) is 32.2 Å². The zero-order valence-electron chi connectivity index (χ0n) is 11.4. The van der Waals surface area contributed by atoms with Gasteiger partial charge in [-0.05, 0) is 37.5 Å². The Morgan fingerprint density at radius 1 is 1.53 bits per heavy atom. The van der Waals surface area contributed by atoms with E-state index in [1.54, 1.807) is 7.11 Å². The number of methoxy groups -OCH3 is 1. The van der Waals surface area contributed by atoms with E-state index >= 15 is 0 Å². The predicted molar refractivity (Wildman–Crippen MR) is 79.3 cm³/mol. The summed E-state index contributed by atoms with van der Waals surface area (Å²) in [4.78, 5) is 12.1. The summed E-state index contributed by atoms with van der Waals surface area (Å²) < 4.78 is 5.12. The number of amides is 1. The van der Waals surface area contributed by atoms with Gasteiger partial charge >= 0.3 is 0 Å². The third-order valence-electron chi connectivity index (χ3n) is 3.29. The number of carbonyl (C=O) groups excluding carboxylic acids is 1. The summed E-state index contributed by atoms with van der Waals surface area (Å²) in [5, 5.41) is 6.24. The van der Waals surface area contributed by atoms with Gasteiger partial charge in [0, 0.05) is 31.5 Å². The molecular weight excluding hydrogens is 264 g/mol. The molecule has 1 amide bonds. The van der Waals surface area contributed by atoms with Crippen molar-refractivity contribution >= 4 is 24.0 Å². The summed E-state index contributed by atoms with van der Waals surface area (Å²) in [6.45, 7) is 3.45. The van der Waals surface area contributed by atoms with E-state index in [0.717, 1.165) is 36.2 Å². The number of hydrogen-bond donors (Lipinski definition) is 2. The van der Waals surface area contributed by atoms with Crippen LogP contribution in [0.25, 0.3) is 0 Å². The Morgan fingerprint density at radius 2 is 2.32 bits per heavy atom. The molecule has 1 aliphatic heterocycles. The molecule has 1 aromatic carbocycles. The molecule has 0 saturated carbocycles. The molecule has 0 bridgehead atoms. The molecule has 0 aromatic heterocycles. The van der Waals surface area contributed by atoms with Crippen molar-refractivity contribution in [2.75, 3.05) is 25.5 Å². The number of rotatable bonds is 4. The fraction of sp³-hybridized carbons (Fsp3) is 0.500. The summed E-state index contributed by atoms with van der Waals surface area (Å²) in [6.07, 6.45) is 2.07. The first-order valence-electron chi connectivity index (χ1n) is 6.39. The standard InChI is InChI=1S/C14H20N2O2.ClH/c1-10(18-2)9-16-14(17)12-5-3-7-13-11(12)6-4-8-15-13;/h3,5,7,10,15H,4,6,8-9H2,1-2H3,(H,16,17);1H. The highest BCUT2D eigenvalue weighted by Gasteiger charge is 2.17. The minimum absolute atomic E-state index is 0. The molecule has 1 heterocycles. The van der Waals surface area contributed by atoms with Crippen LogP contribution in [0, 0.1) is 0 Å². The molecule has 0 aliphatic carbocycles. The van der Waals surface area contributed by atoms with E-state index in [-0.39, 0.29) is 24.4 Å². The first kappa shape index (κ1) is 15.8. The highest BCUT2D eigenvalue weighted by molar-refractivity contribution is 5.97. The summed E-state index contributed by atoms with van der Waals surface area (Å²) in [5.41, 5.74) is 3.00. The Kier molecular flexibility index (Phi) is 6.12. The van der Waals surface area contributed by atoms with Crippen LogP contribution in [0.3, 0.4) is 0 Å². The molecule has 1 aromatic rings. The minimum atomic E-state index is -0.0144. The van der Waals surface area contributed by atoms with E-state index in [1.165, 1.54) is 0 Å². The predicted octanol–water partition coefficient (Wildman–Crippen LogP) is 2.23. The Balaban J connectivity index is 0.00000180. The smallest absolute Gasteiger partial charge is 0.251 e. The lowest BCUT2D eigenvalue weighted by molar-refractivity contribution is 0.0869. The number of halogens is 1. The molecule has 0 saturated heterocycles. The van der Waals surface area contributed by atoms with Crippen molar-refractivity contribution in [2.24, 2.45) is 0 Å². The van der Waals surface area contributed by atoms with Gasteiger partial charge < -0.3 is 15.4 Å². The van der Waals surface area contributed by atoms with Crippen LogP contribution in [0.1, 0.15) is 29.3 Å². The van der Waals surface area contributed by atoms with Crippen molar-refractivity contribution in [1.82, 2.24) is 5.32 Å². The van der Waals surface area contributed by atoms with Crippen LogP contribution < -0.4 is 10.6 Å². The molecule has 1 aliphatic rings. The minimum Gasteiger partial charge on any atom is -0.385 e. The maximum Gasteiger partial charge on any atom is 0.251 e. The van der Waals surface area contributed by atoms with Gasteiger partial charge in [0.05, 0.1) is 6.10 Å². The van der Waals surface area contributed by atoms with Gasteiger partial charge in [-0.15, -0.1) is 12.4 Å². The molecule has 19 heavy (non-hydrogen) atoms. The normalized spacial score (nSPS) is 14.6. The lowest BCUT2D eigenvalue weighted by Gasteiger charge is -2.21. The van der Waals surface area contributed by atoms with Crippen LogP contribution in [0.2, 0.25) is 0 Å². The van der Waals surface area contributed by atoms with Crippen LogP contribution in [0.4, 0.5) is 5.69 Å². The molecule has 1 atom stereocenters. The Hall–Kier alpha value is -1.26. The molecule has 5 heteroatoms. The zero-order valence-corrected chi connectivity index (χ0v) is 12.2. The fourth-order valence-electron chi connectivity index (χ4n) is 2.14. The number of nitrogens with one attached hydrogen (secondary N) is 2. The van der Waals surface area contributed by atoms with Gasteiger partial charge in [-0.3, -0.25) is 4.79 Å². The SMILES string of the molecule is COC(C)CNC(=O)c1cccc2c1CCCN2.Cl. The monoisotopic (exact) mass is 284 g/mol. The highest BCUT2D eigenvalue weighted by Crippen LogP contribution is 2.25. The maximum atomic E-state index is 12.1. The molecule has 2 N–H and O–H groups in total. The van der Waals surface area contributed by atoms with E-state index in [2.05, 4.69) is 10.6 Å². The second-order valence-corrected chi connectivity index (χ2v) is 4.62. The van der Waals surface area contributed by atoms with Gasteiger partial charge in [0.15, 0.2) is 0 Å². The number of fused-ring (bicyclic) bond motifs is 1. The highest BCUT2D eigenvalue weighted by atomic mass is 35.5. The van der Waals surface area contributed by atoms with Gasteiger partial charge in [-0.25, -0.2) is 0 Å². The first-order valence-corrected chi connectivity index (χ1v) is 6.39. The number of ether oxygens (including phenoxy) is 1. The largest absolute Gasteiger partial charge is 0.385 e. The molecule has 2 rings (SSSR count). The van der Waals surface area contributed by atoms with Gasteiger partial charge in [0.25, 0.3) is 5.91 Å². The van der Waals surface area contributed by atoms with Crippen LogP contribution in [0.15, 0.2) is 18.2 Å². The van der Waals surface area contributed by atoms with Crippen LogP contribution >= 0.6 is 12.4 Å². The Labute approximate surface area is 120 Å². The third kappa shape index (κ3) is 3.85. The van der Waals surface area contributed by atoms with E-state index in [4.69, 9.17) is 4.74 Å². The molecule has 1 unspecified atom stereocenters. The third-order valence-corrected chi connectivity index (χ3v) is 3.29. The van der Waals surface area contributed by atoms with E-state index in [9.17, 15) is 4.79 Å². The lowest BCUT2D eigenvalue weighted by atomic mass is 9.97. The average molecular weight is 285 g/mol. The van der Waals surface area contributed by atoms with Crippen molar-refractivity contribution in [3.05, 3.63) is 29.3 Å². The number of hydrogen-bond acceptors (Lipinski definition) is 3. The number of benzene rings is 1. The van der Waals surface area contributed by atoms with E-state index < -0.39 is 0 Å². The first-order chi connectivity index (χ1) is 8.72. The van der Waals surface area contributed by atoms with Gasteiger partial charge in [0.2, 0.25) is 0 Å². The van der Waals surface area contributed by atoms with Crippen molar-refractivity contribution in [1.29, 1.82) is 0 Å². The van der Waals surface area contributed by atoms with Crippen molar-refractivity contribution in [3.8, 4) is 0 Å². The summed E-state index contributed by atoms with van der Waals surface area (Å²) in [6, 6.07) is 5.84. The Morgan fingerprint density at radius 3 is 3.05 bits per heavy atom. The topological polar surface area (TPSA) is 50.4 Å². The summed E-state index contributed by atoms with van der Waals surface area (Å²) in [5.74, 6) is -0.0144. The molecule has 0 spiro atoms. The summed E-state index contributed by atoms with van der Waals surface area (Å²) >= 11 is 0. The van der Waals surface area contributed by atoms with Gasteiger partial charge in [0.1, 0.15) is 0 Å². The number of anilines is 1. The summed E-state index contributed by atoms with van der Waals surface area (Å²) in [7, 11) is 1.64. The van der Waals surface area contributed by atoms with E-state index in [1.807, 2.05) is 25.1 Å². The maximum absolute atomic E-state index is 12.1. The molecule has 4 nitrogen and oxygen atoms in total. The Bertz CT molecular complexity index is 437. The quantitative estimate of drug-likeness (QED) is 0.891. The fourth-order valence-corrected chi connectivity index (χ4v) is 2.14. The molecule has 0 fully saturated rings. The zero-order chi connectivity index (χ0) is 13.0. The molecule has 106 valence electrons. The van der Waals surface area contributed by atoms with Crippen molar-refractivity contribution < 1.29 is 9.53 Å². The van der Waals surface area contributed by atoms with Crippen molar-refractivity contribution in [3.63, 3.8) is 0 Å². The van der Waals surface area contributed by atoms with Crippen LogP contribution in [0.5, 0.6) is 0 Å². The second-order valence-electron chi connectivity index (χ2n) is 4.62. The molecule has 0 radical (unpaired) electrons. The average Bonchev–Trinajstić information content (AvgIpc) is 2.43. The van der Waals surface area contributed by atoms with E-state index in [0.29, 0.717) is 6.54 Å².